The summed E-state index contributed by atoms with van der Waals surface area (Å²) < 4.78 is 29.4. The largest absolute Gasteiger partial charge is 0.481 e. The molecule has 4 rings (SSSR count). The molecule has 2 aromatic carbocycles. The number of nitrogens with two attached hydrogens (primary N) is 1. The Morgan fingerprint density at radius 3 is 2.21 bits per heavy atom. The highest BCUT2D eigenvalue weighted by atomic mass is 32.2. The molecule has 1 atom stereocenters. The molecule has 12 heteroatoms. The number of aliphatic carboxylic acids is 1. The summed E-state index contributed by atoms with van der Waals surface area (Å²) in [5.41, 5.74) is 6.64. The molecule has 0 saturated carbocycles. The summed E-state index contributed by atoms with van der Waals surface area (Å²) >= 11 is 0. The SMILES string of the molecule is NC(=O)c1ccn(-c2ccc(NS(=O)(=O)c3ccc(N4CC(C(=O)O)CC4=O)cc3)cc2)n1. The van der Waals surface area contributed by atoms with Gasteiger partial charge in [0.05, 0.1) is 16.5 Å². The smallest absolute Gasteiger partial charge is 0.308 e. The second-order valence-corrected chi connectivity index (χ2v) is 9.08. The Hall–Kier alpha value is -4.19. The highest BCUT2D eigenvalue weighted by molar-refractivity contribution is 7.92. The number of carbonyl (C=O) groups excluding carboxylic acids is 2. The molecule has 11 nitrogen and oxygen atoms in total. The molecule has 1 aliphatic rings. The second kappa shape index (κ2) is 8.39. The fourth-order valence-electron chi connectivity index (χ4n) is 3.42. The van der Waals surface area contributed by atoms with E-state index >= 15 is 0 Å². The number of amides is 2. The Kier molecular flexibility index (Phi) is 5.60. The molecule has 0 radical (unpaired) electrons. The van der Waals surface area contributed by atoms with Crippen molar-refractivity contribution in [3.63, 3.8) is 0 Å². The van der Waals surface area contributed by atoms with Crippen molar-refractivity contribution in [2.24, 2.45) is 11.7 Å². The predicted octanol–water partition coefficient (Wildman–Crippen LogP) is 1.21. The average molecular weight is 469 g/mol. The summed E-state index contributed by atoms with van der Waals surface area (Å²) in [6.45, 7) is 0.0437. The van der Waals surface area contributed by atoms with Gasteiger partial charge in [0.1, 0.15) is 5.69 Å². The maximum Gasteiger partial charge on any atom is 0.308 e. The first-order chi connectivity index (χ1) is 15.6. The van der Waals surface area contributed by atoms with Crippen LogP contribution in [0.1, 0.15) is 16.9 Å². The summed E-state index contributed by atoms with van der Waals surface area (Å²) in [7, 11) is -3.91. The molecule has 3 aromatic rings. The van der Waals surface area contributed by atoms with Crippen LogP contribution in [0, 0.1) is 5.92 Å². The van der Waals surface area contributed by atoms with Gasteiger partial charge in [-0.2, -0.15) is 5.10 Å². The zero-order valence-electron chi connectivity index (χ0n) is 17.1. The number of anilines is 2. The number of nitrogens with one attached hydrogen (secondary N) is 1. The Labute approximate surface area is 188 Å². The lowest BCUT2D eigenvalue weighted by molar-refractivity contribution is -0.141. The van der Waals surface area contributed by atoms with Gasteiger partial charge in [-0.15, -0.1) is 0 Å². The number of rotatable bonds is 7. The van der Waals surface area contributed by atoms with Crippen molar-refractivity contribution in [1.82, 2.24) is 9.78 Å². The fourth-order valence-corrected chi connectivity index (χ4v) is 4.48. The third kappa shape index (κ3) is 4.55. The molecule has 33 heavy (non-hydrogen) atoms. The number of hydrogen-bond donors (Lipinski definition) is 3. The Morgan fingerprint density at radius 2 is 1.67 bits per heavy atom. The van der Waals surface area contributed by atoms with Crippen LogP contribution in [0.3, 0.4) is 0 Å². The first-order valence-corrected chi connectivity index (χ1v) is 11.2. The molecule has 170 valence electrons. The van der Waals surface area contributed by atoms with Crippen molar-refractivity contribution in [1.29, 1.82) is 0 Å². The summed E-state index contributed by atoms with van der Waals surface area (Å²) in [6.07, 6.45) is 1.47. The standard InChI is InChI=1S/C21H19N5O6S/c22-20(28)18-9-10-26(23-18)16-3-1-14(2-4-16)24-33(31,32)17-7-5-15(6-8-17)25-12-13(21(29)30)11-19(25)27/h1-10,13,24H,11-12H2,(H2,22,28)(H,29,30). The molecule has 0 bridgehead atoms. The van der Waals surface area contributed by atoms with Crippen LogP contribution in [-0.4, -0.2) is 47.6 Å². The van der Waals surface area contributed by atoms with E-state index in [1.54, 1.807) is 30.5 Å². The van der Waals surface area contributed by atoms with Gasteiger partial charge in [0.15, 0.2) is 0 Å². The zero-order chi connectivity index (χ0) is 23.8. The third-order valence-corrected chi connectivity index (χ3v) is 6.56. The number of aromatic nitrogens is 2. The summed E-state index contributed by atoms with van der Waals surface area (Å²) in [5, 5.41) is 13.1. The fraction of sp³-hybridized carbons (Fsp3) is 0.143. The molecule has 1 aromatic heterocycles. The van der Waals surface area contributed by atoms with Gasteiger partial charge in [0.25, 0.3) is 15.9 Å². The van der Waals surface area contributed by atoms with E-state index in [9.17, 15) is 22.8 Å². The molecule has 0 aliphatic carbocycles. The molecule has 0 spiro atoms. The Morgan fingerprint density at radius 1 is 1.03 bits per heavy atom. The molecule has 1 saturated heterocycles. The molecular weight excluding hydrogens is 450 g/mol. The monoisotopic (exact) mass is 469 g/mol. The molecule has 4 N–H and O–H groups in total. The highest BCUT2D eigenvalue weighted by Gasteiger charge is 2.35. The topological polar surface area (TPSA) is 165 Å². The van der Waals surface area contributed by atoms with Crippen LogP contribution in [0.5, 0.6) is 0 Å². The van der Waals surface area contributed by atoms with Crippen molar-refractivity contribution < 1.29 is 27.9 Å². The molecule has 1 unspecified atom stereocenters. The number of primary amides is 1. The van der Waals surface area contributed by atoms with E-state index in [4.69, 9.17) is 10.8 Å². The minimum atomic E-state index is -3.91. The highest BCUT2D eigenvalue weighted by Crippen LogP contribution is 2.27. The summed E-state index contributed by atoms with van der Waals surface area (Å²) in [5.74, 6) is -2.80. The number of benzene rings is 2. The number of sulfonamides is 1. The van der Waals surface area contributed by atoms with E-state index in [0.717, 1.165) is 0 Å². The van der Waals surface area contributed by atoms with Crippen molar-refractivity contribution in [3.8, 4) is 5.69 Å². The molecule has 1 aliphatic heterocycles. The number of carboxylic acid groups (broad SMARTS) is 1. The van der Waals surface area contributed by atoms with Crippen molar-refractivity contribution >= 4 is 39.2 Å². The van der Waals surface area contributed by atoms with Gasteiger partial charge >= 0.3 is 5.97 Å². The third-order valence-electron chi connectivity index (χ3n) is 5.16. The van der Waals surface area contributed by atoms with Gasteiger partial charge in [-0.25, -0.2) is 13.1 Å². The number of carbonyl (C=O) groups is 3. The second-order valence-electron chi connectivity index (χ2n) is 7.40. The first-order valence-electron chi connectivity index (χ1n) is 9.76. The zero-order valence-corrected chi connectivity index (χ0v) is 17.9. The normalized spacial score (nSPS) is 16.1. The number of hydrogen-bond acceptors (Lipinski definition) is 6. The average Bonchev–Trinajstić information content (AvgIpc) is 3.42. The Balaban J connectivity index is 1.47. The molecular formula is C21H19N5O6S. The number of nitrogens with zero attached hydrogens (tertiary/aromatic N) is 3. The van der Waals surface area contributed by atoms with Crippen LogP contribution in [-0.2, 0) is 19.6 Å². The predicted molar refractivity (Wildman–Crippen MR) is 117 cm³/mol. The minimum absolute atomic E-state index is 0.0186. The maximum absolute atomic E-state index is 12.7. The summed E-state index contributed by atoms with van der Waals surface area (Å²) in [6, 6.07) is 13.4. The van der Waals surface area contributed by atoms with Crippen LogP contribution in [0.4, 0.5) is 11.4 Å². The van der Waals surface area contributed by atoms with Crippen LogP contribution in [0.2, 0.25) is 0 Å². The van der Waals surface area contributed by atoms with Crippen LogP contribution >= 0.6 is 0 Å². The van der Waals surface area contributed by atoms with Gasteiger partial charge in [0.2, 0.25) is 5.91 Å². The van der Waals surface area contributed by atoms with Gasteiger partial charge in [0, 0.05) is 30.5 Å². The molecule has 2 heterocycles. The van der Waals surface area contributed by atoms with Gasteiger partial charge in [-0.3, -0.25) is 19.1 Å². The van der Waals surface area contributed by atoms with Crippen LogP contribution in [0.25, 0.3) is 5.69 Å². The maximum atomic E-state index is 12.7. The van der Waals surface area contributed by atoms with Gasteiger partial charge in [-0.1, -0.05) is 0 Å². The molecule has 2 amide bonds. The Bertz CT molecular complexity index is 1330. The lowest BCUT2D eigenvalue weighted by Crippen LogP contribution is -2.25. The van der Waals surface area contributed by atoms with Gasteiger partial charge < -0.3 is 15.7 Å². The number of carboxylic acids is 1. The lowest BCUT2D eigenvalue weighted by Gasteiger charge is -2.16. The lowest BCUT2D eigenvalue weighted by atomic mass is 10.1. The molecule has 1 fully saturated rings. The minimum Gasteiger partial charge on any atom is -0.481 e. The van der Waals surface area contributed by atoms with Gasteiger partial charge in [-0.05, 0) is 54.6 Å². The van der Waals surface area contributed by atoms with E-state index in [2.05, 4.69) is 9.82 Å². The van der Waals surface area contributed by atoms with E-state index in [-0.39, 0.29) is 29.5 Å². The van der Waals surface area contributed by atoms with Crippen molar-refractivity contribution in [2.45, 2.75) is 11.3 Å². The van der Waals surface area contributed by atoms with E-state index in [1.165, 1.54) is 39.9 Å². The quantitative estimate of drug-likeness (QED) is 0.468. The van der Waals surface area contributed by atoms with Crippen molar-refractivity contribution in [3.05, 3.63) is 66.5 Å². The van der Waals surface area contributed by atoms with Crippen molar-refractivity contribution in [2.75, 3.05) is 16.2 Å². The van der Waals surface area contributed by atoms with E-state index in [1.807, 2.05) is 0 Å². The van der Waals surface area contributed by atoms with E-state index in [0.29, 0.717) is 17.1 Å². The van der Waals surface area contributed by atoms with Crippen LogP contribution in [0.15, 0.2) is 65.7 Å². The summed E-state index contributed by atoms with van der Waals surface area (Å²) in [4.78, 5) is 35.7. The van der Waals surface area contributed by atoms with E-state index < -0.39 is 27.8 Å². The first kappa shape index (κ1) is 22.0. The van der Waals surface area contributed by atoms with Crippen LogP contribution < -0.4 is 15.4 Å².